The van der Waals surface area contributed by atoms with Gasteiger partial charge in [-0.3, -0.25) is 9.69 Å². The fourth-order valence-electron chi connectivity index (χ4n) is 1.40. The highest BCUT2D eigenvalue weighted by atomic mass is 32.1. The standard InChI is InChI=1S/C8H15N3OS/c1-10-8(13)11-5-3-2-4-6(9)7(11)12/h6H,2-5,9H2,1H3,(H,10,13)/t6-/m1/s1. The first-order chi connectivity index (χ1) is 6.16. The van der Waals surface area contributed by atoms with Gasteiger partial charge in [-0.1, -0.05) is 0 Å². The van der Waals surface area contributed by atoms with E-state index in [2.05, 4.69) is 5.32 Å². The number of likely N-dealkylation sites (tertiary alicyclic amines) is 1. The van der Waals surface area contributed by atoms with Gasteiger partial charge in [0.25, 0.3) is 0 Å². The molecule has 0 bridgehead atoms. The molecule has 0 saturated carbocycles. The van der Waals surface area contributed by atoms with Gasteiger partial charge in [-0.05, 0) is 31.5 Å². The summed E-state index contributed by atoms with van der Waals surface area (Å²) in [7, 11) is 1.71. The highest BCUT2D eigenvalue weighted by Crippen LogP contribution is 2.10. The molecule has 1 amide bonds. The Labute approximate surface area is 83.5 Å². The molecule has 1 saturated heterocycles. The molecule has 1 fully saturated rings. The lowest BCUT2D eigenvalue weighted by molar-refractivity contribution is -0.128. The van der Waals surface area contributed by atoms with Gasteiger partial charge in [-0.2, -0.15) is 0 Å². The van der Waals surface area contributed by atoms with Crippen molar-refractivity contribution < 1.29 is 4.79 Å². The Kier molecular flexibility index (Phi) is 3.62. The van der Waals surface area contributed by atoms with Gasteiger partial charge < -0.3 is 11.1 Å². The average Bonchev–Trinajstić information content (AvgIpc) is 2.29. The Bertz CT molecular complexity index is 219. The van der Waals surface area contributed by atoms with Crippen LogP contribution in [-0.4, -0.2) is 35.6 Å². The Hall–Kier alpha value is -0.680. The van der Waals surface area contributed by atoms with Gasteiger partial charge in [0, 0.05) is 13.6 Å². The second kappa shape index (κ2) is 4.53. The second-order valence-corrected chi connectivity index (χ2v) is 3.53. The van der Waals surface area contributed by atoms with Gasteiger partial charge in [-0.15, -0.1) is 0 Å². The highest BCUT2D eigenvalue weighted by Gasteiger charge is 2.25. The number of carbonyl (C=O) groups excluding carboxylic acids is 1. The van der Waals surface area contributed by atoms with Gasteiger partial charge in [-0.25, -0.2) is 0 Å². The summed E-state index contributed by atoms with van der Waals surface area (Å²) < 4.78 is 0. The van der Waals surface area contributed by atoms with Crippen LogP contribution in [0.3, 0.4) is 0 Å². The molecule has 0 unspecified atom stereocenters. The van der Waals surface area contributed by atoms with Gasteiger partial charge in [0.1, 0.15) is 0 Å². The summed E-state index contributed by atoms with van der Waals surface area (Å²) in [6.07, 6.45) is 2.73. The zero-order valence-corrected chi connectivity index (χ0v) is 8.56. The van der Waals surface area contributed by atoms with E-state index in [9.17, 15) is 4.79 Å². The first kappa shape index (κ1) is 10.4. The van der Waals surface area contributed by atoms with E-state index < -0.39 is 0 Å². The summed E-state index contributed by atoms with van der Waals surface area (Å²) in [5.41, 5.74) is 5.68. The zero-order valence-electron chi connectivity index (χ0n) is 7.75. The maximum absolute atomic E-state index is 11.6. The normalized spacial score (nSPS) is 24.0. The van der Waals surface area contributed by atoms with Crippen LogP contribution in [0, 0.1) is 0 Å². The van der Waals surface area contributed by atoms with Crippen LogP contribution in [0.15, 0.2) is 0 Å². The number of thiocarbonyl (C=S) groups is 1. The summed E-state index contributed by atoms with van der Waals surface area (Å²) in [6, 6.07) is -0.381. The minimum atomic E-state index is -0.381. The Morgan fingerprint density at radius 3 is 3.00 bits per heavy atom. The lowest BCUT2D eigenvalue weighted by Gasteiger charge is -2.22. The maximum Gasteiger partial charge on any atom is 0.245 e. The van der Waals surface area contributed by atoms with E-state index in [-0.39, 0.29) is 11.9 Å². The van der Waals surface area contributed by atoms with Crippen LogP contribution in [0.2, 0.25) is 0 Å². The fourth-order valence-corrected chi connectivity index (χ4v) is 1.59. The molecule has 0 aromatic carbocycles. The highest BCUT2D eigenvalue weighted by molar-refractivity contribution is 7.80. The monoisotopic (exact) mass is 201 g/mol. The maximum atomic E-state index is 11.6. The summed E-state index contributed by atoms with van der Waals surface area (Å²) >= 11 is 5.00. The largest absolute Gasteiger partial charge is 0.365 e. The Balaban J connectivity index is 2.70. The summed E-state index contributed by atoms with van der Waals surface area (Å²) in [5.74, 6) is -0.0585. The molecule has 1 aliphatic rings. The van der Waals surface area contributed by atoms with Crippen molar-refractivity contribution in [2.45, 2.75) is 25.3 Å². The summed E-state index contributed by atoms with van der Waals surface area (Å²) in [5, 5.41) is 3.27. The first-order valence-electron chi connectivity index (χ1n) is 4.45. The Morgan fingerprint density at radius 2 is 2.38 bits per heavy atom. The number of nitrogens with zero attached hydrogens (tertiary/aromatic N) is 1. The van der Waals surface area contributed by atoms with Gasteiger partial charge >= 0.3 is 0 Å². The SMILES string of the molecule is CNC(=S)N1CCCC[C@@H](N)C1=O. The van der Waals surface area contributed by atoms with Crippen molar-refractivity contribution in [3.05, 3.63) is 0 Å². The smallest absolute Gasteiger partial charge is 0.245 e. The third-order valence-corrected chi connectivity index (χ3v) is 2.61. The molecule has 1 atom stereocenters. The van der Waals surface area contributed by atoms with Crippen LogP contribution in [0.5, 0.6) is 0 Å². The van der Waals surface area contributed by atoms with E-state index in [4.69, 9.17) is 18.0 Å². The van der Waals surface area contributed by atoms with Crippen LogP contribution in [0.1, 0.15) is 19.3 Å². The molecule has 1 aliphatic heterocycles. The van der Waals surface area contributed by atoms with Crippen molar-refractivity contribution in [3.8, 4) is 0 Å². The molecule has 0 aromatic rings. The minimum Gasteiger partial charge on any atom is -0.365 e. The van der Waals surface area contributed by atoms with E-state index >= 15 is 0 Å². The van der Waals surface area contributed by atoms with Crippen LogP contribution in [-0.2, 0) is 4.79 Å². The molecule has 13 heavy (non-hydrogen) atoms. The lowest BCUT2D eigenvalue weighted by Crippen LogP contribution is -2.48. The number of amides is 1. The van der Waals surface area contributed by atoms with Crippen LogP contribution < -0.4 is 11.1 Å². The van der Waals surface area contributed by atoms with Crippen molar-refractivity contribution in [3.63, 3.8) is 0 Å². The van der Waals surface area contributed by atoms with Crippen molar-refractivity contribution in [1.82, 2.24) is 10.2 Å². The molecule has 3 N–H and O–H groups in total. The number of nitrogens with two attached hydrogens (primary N) is 1. The molecular formula is C8H15N3OS. The van der Waals surface area contributed by atoms with E-state index in [0.717, 1.165) is 19.3 Å². The molecule has 0 spiro atoms. The molecule has 5 heteroatoms. The van der Waals surface area contributed by atoms with Crippen molar-refractivity contribution in [1.29, 1.82) is 0 Å². The predicted molar refractivity (Wildman–Crippen MR) is 55.2 cm³/mol. The molecular weight excluding hydrogens is 186 g/mol. The topological polar surface area (TPSA) is 58.4 Å². The number of nitrogens with one attached hydrogen (secondary N) is 1. The summed E-state index contributed by atoms with van der Waals surface area (Å²) in [6.45, 7) is 0.687. The molecule has 0 aromatic heterocycles. The quantitative estimate of drug-likeness (QED) is 0.534. The first-order valence-corrected chi connectivity index (χ1v) is 4.86. The molecule has 74 valence electrons. The summed E-state index contributed by atoms with van der Waals surface area (Å²) in [4.78, 5) is 13.2. The average molecular weight is 201 g/mol. The van der Waals surface area contributed by atoms with Crippen molar-refractivity contribution >= 4 is 23.2 Å². The fraction of sp³-hybridized carbons (Fsp3) is 0.750. The van der Waals surface area contributed by atoms with Gasteiger partial charge in [0.2, 0.25) is 5.91 Å². The Morgan fingerprint density at radius 1 is 1.69 bits per heavy atom. The van der Waals surface area contributed by atoms with Gasteiger partial charge in [0.05, 0.1) is 6.04 Å². The van der Waals surface area contributed by atoms with E-state index in [0.29, 0.717) is 11.7 Å². The number of hydrogen-bond donors (Lipinski definition) is 2. The number of hydrogen-bond acceptors (Lipinski definition) is 3. The van der Waals surface area contributed by atoms with Crippen molar-refractivity contribution in [2.75, 3.05) is 13.6 Å². The third-order valence-electron chi connectivity index (χ3n) is 2.19. The lowest BCUT2D eigenvalue weighted by atomic mass is 10.1. The molecule has 1 rings (SSSR count). The second-order valence-electron chi connectivity index (χ2n) is 3.15. The zero-order chi connectivity index (χ0) is 9.84. The van der Waals surface area contributed by atoms with Gasteiger partial charge in [0.15, 0.2) is 5.11 Å². The predicted octanol–water partition coefficient (Wildman–Crippen LogP) is -0.169. The number of rotatable bonds is 0. The number of carbonyl (C=O) groups is 1. The van der Waals surface area contributed by atoms with Crippen LogP contribution >= 0.6 is 12.2 Å². The van der Waals surface area contributed by atoms with E-state index in [1.807, 2.05) is 0 Å². The molecule has 1 heterocycles. The van der Waals surface area contributed by atoms with E-state index in [1.165, 1.54) is 0 Å². The molecule has 0 radical (unpaired) electrons. The molecule has 4 nitrogen and oxygen atoms in total. The van der Waals surface area contributed by atoms with Crippen LogP contribution in [0.4, 0.5) is 0 Å². The van der Waals surface area contributed by atoms with E-state index in [1.54, 1.807) is 11.9 Å². The van der Waals surface area contributed by atoms with Crippen LogP contribution in [0.25, 0.3) is 0 Å². The molecule has 0 aliphatic carbocycles. The minimum absolute atomic E-state index is 0.0585. The van der Waals surface area contributed by atoms with Crippen molar-refractivity contribution in [2.24, 2.45) is 5.73 Å². The third kappa shape index (κ3) is 2.38.